The molecule has 0 fully saturated rings. The predicted octanol–water partition coefficient (Wildman–Crippen LogP) is 2.91. The number of aromatic nitrogens is 1. The maximum Gasteiger partial charge on any atom is 0.255 e. The summed E-state index contributed by atoms with van der Waals surface area (Å²) in [5.74, 6) is 0.293. The molecule has 21 heavy (non-hydrogen) atoms. The van der Waals surface area contributed by atoms with Gasteiger partial charge in [0.05, 0.1) is 6.61 Å². The number of halogens is 1. The van der Waals surface area contributed by atoms with Crippen molar-refractivity contribution in [3.05, 3.63) is 52.7 Å². The summed E-state index contributed by atoms with van der Waals surface area (Å²) in [6, 6.07) is 10.1. The van der Waals surface area contributed by atoms with Crippen molar-refractivity contribution < 1.29 is 9.90 Å². The number of carbonyl (C=O) groups excluding carboxylic acids is 1. The molecule has 3 N–H and O–H groups in total. The summed E-state index contributed by atoms with van der Waals surface area (Å²) < 4.78 is 0. The van der Waals surface area contributed by atoms with Crippen LogP contribution in [0.15, 0.2) is 36.4 Å². The largest absolute Gasteiger partial charge is 0.392 e. The van der Waals surface area contributed by atoms with Gasteiger partial charge in [0.1, 0.15) is 11.0 Å². The SMILES string of the molecule is CCNc1cc(C(=O)Nc2ccc(CO)cc2)cc(Cl)n1. The molecule has 2 aromatic rings. The Labute approximate surface area is 128 Å². The summed E-state index contributed by atoms with van der Waals surface area (Å²) in [6.07, 6.45) is 0. The second kappa shape index (κ2) is 7.06. The van der Waals surface area contributed by atoms with Gasteiger partial charge in [0.15, 0.2) is 0 Å². The molecule has 0 saturated carbocycles. The van der Waals surface area contributed by atoms with Crippen molar-refractivity contribution in [2.45, 2.75) is 13.5 Å². The van der Waals surface area contributed by atoms with Crippen molar-refractivity contribution in [3.8, 4) is 0 Å². The number of nitrogens with zero attached hydrogens (tertiary/aromatic N) is 1. The number of amides is 1. The number of nitrogens with one attached hydrogen (secondary N) is 2. The van der Waals surface area contributed by atoms with Gasteiger partial charge in [-0.15, -0.1) is 0 Å². The van der Waals surface area contributed by atoms with Crippen LogP contribution in [0.1, 0.15) is 22.8 Å². The van der Waals surface area contributed by atoms with Crippen LogP contribution in [-0.4, -0.2) is 22.5 Å². The van der Waals surface area contributed by atoms with Crippen LogP contribution in [0, 0.1) is 0 Å². The second-order valence-corrected chi connectivity index (χ2v) is 4.79. The van der Waals surface area contributed by atoms with Crippen molar-refractivity contribution in [1.82, 2.24) is 4.98 Å². The van der Waals surface area contributed by atoms with Crippen molar-refractivity contribution in [3.63, 3.8) is 0 Å². The molecule has 0 spiro atoms. The van der Waals surface area contributed by atoms with Gasteiger partial charge in [-0.2, -0.15) is 0 Å². The van der Waals surface area contributed by atoms with Gasteiger partial charge in [-0.1, -0.05) is 23.7 Å². The van der Waals surface area contributed by atoms with E-state index in [1.54, 1.807) is 30.3 Å². The third kappa shape index (κ3) is 4.18. The lowest BCUT2D eigenvalue weighted by molar-refractivity contribution is 0.102. The van der Waals surface area contributed by atoms with Gasteiger partial charge in [-0.3, -0.25) is 4.79 Å². The number of hydrogen-bond acceptors (Lipinski definition) is 4. The fourth-order valence-corrected chi connectivity index (χ4v) is 2.01. The number of pyridine rings is 1. The monoisotopic (exact) mass is 305 g/mol. The zero-order valence-corrected chi connectivity index (χ0v) is 12.3. The molecule has 0 unspecified atom stereocenters. The average Bonchev–Trinajstić information content (AvgIpc) is 2.48. The van der Waals surface area contributed by atoms with Crippen molar-refractivity contribution in [1.29, 1.82) is 0 Å². The molecule has 0 radical (unpaired) electrons. The number of benzene rings is 1. The Morgan fingerprint density at radius 3 is 2.62 bits per heavy atom. The topological polar surface area (TPSA) is 74.2 Å². The molecule has 0 saturated heterocycles. The van der Waals surface area contributed by atoms with Gasteiger partial charge in [-0.25, -0.2) is 4.98 Å². The maximum atomic E-state index is 12.2. The molecule has 0 aliphatic carbocycles. The van der Waals surface area contributed by atoms with Gasteiger partial charge >= 0.3 is 0 Å². The Kier molecular flexibility index (Phi) is 5.14. The Morgan fingerprint density at radius 1 is 1.29 bits per heavy atom. The number of carbonyl (C=O) groups is 1. The lowest BCUT2D eigenvalue weighted by Gasteiger charge is -2.08. The van der Waals surface area contributed by atoms with Crippen molar-refractivity contribution >= 4 is 29.0 Å². The van der Waals surface area contributed by atoms with E-state index in [-0.39, 0.29) is 17.7 Å². The summed E-state index contributed by atoms with van der Waals surface area (Å²) in [7, 11) is 0. The molecule has 1 amide bonds. The third-order valence-corrected chi connectivity index (χ3v) is 3.00. The highest BCUT2D eigenvalue weighted by molar-refractivity contribution is 6.30. The molecular formula is C15H16ClN3O2. The fraction of sp³-hybridized carbons (Fsp3) is 0.200. The van der Waals surface area contributed by atoms with Crippen LogP contribution < -0.4 is 10.6 Å². The van der Waals surface area contributed by atoms with E-state index in [9.17, 15) is 4.79 Å². The molecule has 1 aromatic carbocycles. The molecule has 6 heteroatoms. The van der Waals surface area contributed by atoms with E-state index in [2.05, 4.69) is 15.6 Å². The quantitative estimate of drug-likeness (QED) is 0.743. The summed E-state index contributed by atoms with van der Waals surface area (Å²) in [5, 5.41) is 15.0. The zero-order valence-electron chi connectivity index (χ0n) is 11.6. The van der Waals surface area contributed by atoms with E-state index in [1.165, 1.54) is 6.07 Å². The molecule has 0 aliphatic rings. The minimum absolute atomic E-state index is 0.0275. The molecule has 1 aromatic heterocycles. The van der Waals surface area contributed by atoms with Crippen LogP contribution in [-0.2, 0) is 6.61 Å². The van der Waals surface area contributed by atoms with Crippen LogP contribution in [0.2, 0.25) is 5.15 Å². The molecule has 0 aliphatic heterocycles. The number of aliphatic hydroxyl groups is 1. The van der Waals surface area contributed by atoms with E-state index in [0.717, 1.165) is 5.56 Å². The van der Waals surface area contributed by atoms with Crippen molar-refractivity contribution in [2.75, 3.05) is 17.2 Å². The van der Waals surface area contributed by atoms with E-state index in [0.29, 0.717) is 23.6 Å². The molecule has 2 rings (SSSR count). The first-order chi connectivity index (χ1) is 10.1. The van der Waals surface area contributed by atoms with E-state index < -0.39 is 0 Å². The predicted molar refractivity (Wildman–Crippen MR) is 83.7 cm³/mol. The number of aliphatic hydroxyl groups excluding tert-OH is 1. The summed E-state index contributed by atoms with van der Waals surface area (Å²) in [5.41, 5.74) is 1.86. The standard InChI is InChI=1S/C15H16ClN3O2/c1-2-17-14-8-11(7-13(16)19-14)15(21)18-12-5-3-10(9-20)4-6-12/h3-8,20H,2,9H2,1H3,(H,17,19)(H,18,21). The fourth-order valence-electron chi connectivity index (χ4n) is 1.80. The molecule has 110 valence electrons. The van der Waals surface area contributed by atoms with Crippen LogP contribution in [0.4, 0.5) is 11.5 Å². The van der Waals surface area contributed by atoms with Gasteiger partial charge in [0.25, 0.3) is 5.91 Å². The number of anilines is 2. The third-order valence-electron chi connectivity index (χ3n) is 2.81. The first-order valence-electron chi connectivity index (χ1n) is 6.55. The first kappa shape index (κ1) is 15.3. The van der Waals surface area contributed by atoms with Crippen LogP contribution in [0.3, 0.4) is 0 Å². The Hall–Kier alpha value is -2.11. The van der Waals surface area contributed by atoms with Crippen molar-refractivity contribution in [2.24, 2.45) is 0 Å². The zero-order chi connectivity index (χ0) is 15.2. The van der Waals surface area contributed by atoms with E-state index >= 15 is 0 Å². The number of rotatable bonds is 5. The highest BCUT2D eigenvalue weighted by Crippen LogP contribution is 2.17. The van der Waals surface area contributed by atoms with Gasteiger partial charge in [-0.05, 0) is 36.8 Å². The summed E-state index contributed by atoms with van der Waals surface area (Å²) in [6.45, 7) is 2.60. The molecule has 5 nitrogen and oxygen atoms in total. The molecule has 0 bridgehead atoms. The minimum atomic E-state index is -0.268. The summed E-state index contributed by atoms with van der Waals surface area (Å²) >= 11 is 5.91. The van der Waals surface area contributed by atoms with Crippen LogP contribution >= 0.6 is 11.6 Å². The maximum absolute atomic E-state index is 12.2. The Morgan fingerprint density at radius 2 is 2.00 bits per heavy atom. The minimum Gasteiger partial charge on any atom is -0.392 e. The van der Waals surface area contributed by atoms with Crippen LogP contribution in [0.5, 0.6) is 0 Å². The van der Waals surface area contributed by atoms with Gasteiger partial charge < -0.3 is 15.7 Å². The number of hydrogen-bond donors (Lipinski definition) is 3. The smallest absolute Gasteiger partial charge is 0.255 e. The van der Waals surface area contributed by atoms with Crippen LogP contribution in [0.25, 0.3) is 0 Å². The lowest BCUT2D eigenvalue weighted by atomic mass is 10.2. The highest BCUT2D eigenvalue weighted by Gasteiger charge is 2.09. The van der Waals surface area contributed by atoms with E-state index in [1.807, 2.05) is 6.92 Å². The molecule has 0 atom stereocenters. The Balaban J connectivity index is 2.15. The Bertz CT molecular complexity index is 629. The first-order valence-corrected chi connectivity index (χ1v) is 6.92. The normalized spacial score (nSPS) is 10.2. The second-order valence-electron chi connectivity index (χ2n) is 4.40. The van der Waals surface area contributed by atoms with Gasteiger partial charge in [0.2, 0.25) is 0 Å². The van der Waals surface area contributed by atoms with Gasteiger partial charge in [0, 0.05) is 17.8 Å². The lowest BCUT2D eigenvalue weighted by Crippen LogP contribution is -2.13. The summed E-state index contributed by atoms with van der Waals surface area (Å²) in [4.78, 5) is 16.3. The molecular weight excluding hydrogens is 290 g/mol. The molecule has 1 heterocycles. The van der Waals surface area contributed by atoms with E-state index in [4.69, 9.17) is 16.7 Å². The highest BCUT2D eigenvalue weighted by atomic mass is 35.5. The average molecular weight is 306 g/mol.